The first-order valence-corrected chi connectivity index (χ1v) is 3.67. The van der Waals surface area contributed by atoms with E-state index in [9.17, 15) is 0 Å². The summed E-state index contributed by atoms with van der Waals surface area (Å²) in [6.45, 7) is 3.87. The summed E-state index contributed by atoms with van der Waals surface area (Å²) in [5.74, 6) is 0. The molecule has 3 heteroatoms. The van der Waals surface area contributed by atoms with Crippen LogP contribution in [0.5, 0.6) is 0 Å². The molecule has 3 radical (unpaired) electrons. The van der Waals surface area contributed by atoms with E-state index < -0.39 is 0 Å². The van der Waals surface area contributed by atoms with Crippen molar-refractivity contribution in [1.82, 2.24) is 0 Å². The molecule has 0 N–H and O–H groups in total. The second-order valence-corrected chi connectivity index (χ2v) is 2.68. The zero-order valence-corrected chi connectivity index (χ0v) is 20.1. The molecular formula is C13H15La2Y-3. The Morgan fingerprint density at radius 1 is 0.750 bits per heavy atom. The van der Waals surface area contributed by atoms with Gasteiger partial charge in [-0.1, -0.05) is 29.7 Å². The average Bonchev–Trinajstić information content (AvgIpc) is 2.04. The summed E-state index contributed by atoms with van der Waals surface area (Å²) in [4.78, 5) is 0. The van der Waals surface area contributed by atoms with Crippen molar-refractivity contribution in [3.63, 3.8) is 0 Å². The molecule has 2 aromatic rings. The second kappa shape index (κ2) is 13.5. The van der Waals surface area contributed by atoms with Gasteiger partial charge in [-0.05, 0) is 5.39 Å². The molecule has 16 heavy (non-hydrogen) atoms. The van der Waals surface area contributed by atoms with E-state index >= 15 is 0 Å². The van der Waals surface area contributed by atoms with Crippen LogP contribution in [-0.2, 0) is 32.7 Å². The zero-order valence-electron chi connectivity index (χ0n) is 9.98. The van der Waals surface area contributed by atoms with Gasteiger partial charge < -0.3 is 14.9 Å². The van der Waals surface area contributed by atoms with Crippen molar-refractivity contribution in [2.45, 2.75) is 0 Å². The molecule has 0 heterocycles. The van der Waals surface area contributed by atoms with Crippen LogP contribution in [0.4, 0.5) is 0 Å². The molecule has 2 rings (SSSR count). The number of hydrogen-bond donors (Lipinski definition) is 0. The minimum absolute atomic E-state index is 0. The molecule has 79 valence electrons. The van der Waals surface area contributed by atoms with Crippen molar-refractivity contribution in [3.8, 4) is 0 Å². The Hall–Kier alpha value is 2.06. The fraction of sp³-hybridized carbons (Fsp3) is 0. The van der Waals surface area contributed by atoms with Crippen molar-refractivity contribution in [2.75, 3.05) is 0 Å². The van der Waals surface area contributed by atoms with E-state index in [1.54, 1.807) is 0 Å². The minimum atomic E-state index is 0. The predicted octanol–water partition coefficient (Wildman–Crippen LogP) is 3.92. The standard InChI is InChI=1S/C11H9.2CH3.2La.Y/c1-9-6-7-10-4-2-3-5-11(10)8-9;;;;;/h2-8H,1H2;2*1H3;;;/q3*-1;;;. The summed E-state index contributed by atoms with van der Waals surface area (Å²) in [5, 5.41) is 2.54. The topological polar surface area (TPSA) is 0 Å². The van der Waals surface area contributed by atoms with Crippen LogP contribution in [0.15, 0.2) is 42.5 Å². The van der Waals surface area contributed by atoms with Gasteiger partial charge in [0.2, 0.25) is 0 Å². The largest absolute Gasteiger partial charge is 0.358 e. The van der Waals surface area contributed by atoms with E-state index in [1.165, 1.54) is 10.8 Å². The first-order valence-electron chi connectivity index (χ1n) is 3.67. The summed E-state index contributed by atoms with van der Waals surface area (Å²) in [6.07, 6.45) is 0. The normalized spacial score (nSPS) is 7.00. The maximum absolute atomic E-state index is 3.87. The van der Waals surface area contributed by atoms with Crippen molar-refractivity contribution in [2.24, 2.45) is 0 Å². The number of fused-ring (bicyclic) bond motifs is 1. The van der Waals surface area contributed by atoms with Gasteiger partial charge >= 0.3 is 0 Å². The molecule has 2 aromatic carbocycles. The van der Waals surface area contributed by atoms with Gasteiger partial charge in [-0.3, -0.25) is 0 Å². The summed E-state index contributed by atoms with van der Waals surface area (Å²) in [7, 11) is 0. The average molecular weight is 538 g/mol. The van der Waals surface area contributed by atoms with E-state index in [4.69, 9.17) is 0 Å². The van der Waals surface area contributed by atoms with Crippen LogP contribution in [0.3, 0.4) is 0 Å². The molecule has 0 atom stereocenters. The van der Waals surface area contributed by atoms with Gasteiger partial charge in [0.05, 0.1) is 0 Å². The summed E-state index contributed by atoms with van der Waals surface area (Å²) >= 11 is 0. The van der Waals surface area contributed by atoms with E-state index in [0.29, 0.717) is 0 Å². The van der Waals surface area contributed by atoms with Crippen molar-refractivity contribution < 1.29 is 104 Å². The molecule has 0 saturated heterocycles. The molecule has 0 saturated carbocycles. The number of rotatable bonds is 0. The van der Waals surface area contributed by atoms with Crippen LogP contribution in [0.2, 0.25) is 0 Å². The maximum atomic E-state index is 3.87. The Balaban J connectivity index is -0.000000144. The van der Waals surface area contributed by atoms with E-state index in [1.807, 2.05) is 18.2 Å². The molecule has 0 aliphatic rings. The number of benzene rings is 2. The Bertz CT molecular complexity index is 388. The summed E-state index contributed by atoms with van der Waals surface area (Å²) < 4.78 is 0. The fourth-order valence-corrected chi connectivity index (χ4v) is 1.24. The smallest absolute Gasteiger partial charge is 0 e. The Kier molecular flexibility index (Phi) is 22.4. The SMILES string of the molecule is [CH2-]c1ccc2ccccc2c1.[CH3-].[CH3-].[La].[La].[Y]. The Labute approximate surface area is 181 Å². The van der Waals surface area contributed by atoms with Crippen molar-refractivity contribution in [3.05, 3.63) is 69.8 Å². The second-order valence-electron chi connectivity index (χ2n) is 2.68. The first kappa shape index (κ1) is 26.6. The van der Waals surface area contributed by atoms with Gasteiger partial charge in [-0.15, -0.1) is 6.07 Å². The monoisotopic (exact) mass is 538 g/mol. The van der Waals surface area contributed by atoms with Crippen LogP contribution in [0.1, 0.15) is 5.56 Å². The maximum Gasteiger partial charge on any atom is 0 e. The quantitative estimate of drug-likeness (QED) is 0.447. The van der Waals surface area contributed by atoms with Crippen molar-refractivity contribution in [1.29, 1.82) is 0 Å². The molecule has 0 unspecified atom stereocenters. The van der Waals surface area contributed by atoms with Gasteiger partial charge in [0.25, 0.3) is 0 Å². The molecular weight excluding hydrogens is 523 g/mol. The molecule has 0 spiro atoms. The Morgan fingerprint density at radius 3 is 1.81 bits per heavy atom. The molecule has 0 aliphatic heterocycles. The third kappa shape index (κ3) is 7.49. The molecule has 0 aromatic heterocycles. The molecule has 0 amide bonds. The van der Waals surface area contributed by atoms with Crippen LogP contribution in [0.25, 0.3) is 10.8 Å². The van der Waals surface area contributed by atoms with Crippen LogP contribution < -0.4 is 0 Å². The van der Waals surface area contributed by atoms with Crippen molar-refractivity contribution >= 4 is 10.8 Å². The van der Waals surface area contributed by atoms with Crippen LogP contribution in [-0.4, -0.2) is 0 Å². The van der Waals surface area contributed by atoms with Gasteiger partial charge in [-0.2, -0.15) is 24.6 Å². The van der Waals surface area contributed by atoms with Gasteiger partial charge in [-0.25, -0.2) is 0 Å². The van der Waals surface area contributed by atoms with Gasteiger partial charge in [0.15, 0.2) is 0 Å². The molecule has 0 nitrogen and oxygen atoms in total. The minimum Gasteiger partial charge on any atom is -0.358 e. The van der Waals surface area contributed by atoms with E-state index in [2.05, 4.69) is 31.2 Å². The predicted molar refractivity (Wildman–Crippen MR) is 61.2 cm³/mol. The van der Waals surface area contributed by atoms with Gasteiger partial charge in [0, 0.05) is 104 Å². The third-order valence-electron chi connectivity index (χ3n) is 1.81. The molecule has 0 bridgehead atoms. The van der Waals surface area contributed by atoms with Gasteiger partial charge in [0.1, 0.15) is 0 Å². The number of hydrogen-bond acceptors (Lipinski definition) is 0. The molecule has 0 aliphatic carbocycles. The molecule has 0 fully saturated rings. The van der Waals surface area contributed by atoms with Crippen LogP contribution in [0, 0.1) is 93.0 Å². The van der Waals surface area contributed by atoms with E-state index in [0.717, 1.165) is 5.56 Å². The summed E-state index contributed by atoms with van der Waals surface area (Å²) in [6, 6.07) is 14.5. The Morgan fingerprint density at radius 2 is 1.25 bits per heavy atom. The van der Waals surface area contributed by atoms with Crippen LogP contribution >= 0.6 is 0 Å². The summed E-state index contributed by atoms with van der Waals surface area (Å²) in [5.41, 5.74) is 1.07. The van der Waals surface area contributed by atoms with E-state index in [-0.39, 0.29) is 119 Å². The fourth-order valence-electron chi connectivity index (χ4n) is 1.24. The zero-order chi connectivity index (χ0) is 7.68. The third-order valence-corrected chi connectivity index (χ3v) is 1.81. The first-order chi connectivity index (χ1) is 5.36.